The molecule has 0 atom stereocenters. The van der Waals surface area contributed by atoms with Gasteiger partial charge in [-0.1, -0.05) is 6.08 Å². The van der Waals surface area contributed by atoms with E-state index in [2.05, 4.69) is 22.2 Å². The number of rotatable bonds is 8. The highest BCUT2D eigenvalue weighted by Gasteiger charge is 2.27. The van der Waals surface area contributed by atoms with E-state index in [4.69, 9.17) is 0 Å². The first kappa shape index (κ1) is 20.7. The Morgan fingerprint density at radius 2 is 2.27 bits per heavy atom. The summed E-state index contributed by atoms with van der Waals surface area (Å²) in [5.74, 6) is 0.591. The van der Waals surface area contributed by atoms with Crippen LogP contribution in [0.1, 0.15) is 19.8 Å². The highest BCUT2D eigenvalue weighted by molar-refractivity contribution is 14.0. The van der Waals surface area contributed by atoms with Crippen LogP contribution in [0.15, 0.2) is 17.6 Å². The molecule has 0 aromatic carbocycles. The summed E-state index contributed by atoms with van der Waals surface area (Å²) >= 11 is 0. The number of guanidine groups is 1. The minimum atomic E-state index is -0.334. The van der Waals surface area contributed by atoms with E-state index in [1.165, 1.54) is 4.90 Å². The molecule has 0 radical (unpaired) electrons. The molecule has 0 bridgehead atoms. The second-order valence-corrected chi connectivity index (χ2v) is 4.79. The molecule has 7 nitrogen and oxygen atoms in total. The van der Waals surface area contributed by atoms with Crippen molar-refractivity contribution in [1.82, 2.24) is 20.4 Å². The lowest BCUT2D eigenvalue weighted by molar-refractivity contribution is -0.124. The summed E-state index contributed by atoms with van der Waals surface area (Å²) in [5.41, 5.74) is 0. The second kappa shape index (κ2) is 11.3. The van der Waals surface area contributed by atoms with Crippen LogP contribution in [0.3, 0.4) is 0 Å². The molecule has 0 aliphatic carbocycles. The van der Waals surface area contributed by atoms with Crippen LogP contribution in [0.25, 0.3) is 0 Å². The van der Waals surface area contributed by atoms with Crippen LogP contribution in [0, 0.1) is 0 Å². The van der Waals surface area contributed by atoms with Gasteiger partial charge in [0.05, 0.1) is 19.6 Å². The van der Waals surface area contributed by atoms with Crippen molar-refractivity contribution in [3.8, 4) is 0 Å². The van der Waals surface area contributed by atoms with Gasteiger partial charge >= 0.3 is 6.03 Å². The maximum absolute atomic E-state index is 11.5. The van der Waals surface area contributed by atoms with E-state index < -0.39 is 0 Å². The molecule has 126 valence electrons. The molecular weight excluding hydrogens is 397 g/mol. The lowest BCUT2D eigenvalue weighted by atomic mass is 10.3. The average molecular weight is 423 g/mol. The van der Waals surface area contributed by atoms with Gasteiger partial charge in [-0.15, -0.1) is 30.6 Å². The predicted molar refractivity (Wildman–Crippen MR) is 98.6 cm³/mol. The van der Waals surface area contributed by atoms with Gasteiger partial charge in [0.1, 0.15) is 0 Å². The highest BCUT2D eigenvalue weighted by Crippen LogP contribution is 1.99. The summed E-state index contributed by atoms with van der Waals surface area (Å²) in [6, 6.07) is -0.334. The third-order valence-corrected chi connectivity index (χ3v) is 3.12. The quantitative estimate of drug-likeness (QED) is 0.153. The number of imide groups is 1. The minimum Gasteiger partial charge on any atom is -0.357 e. The minimum absolute atomic E-state index is 0. The molecule has 0 unspecified atom stereocenters. The number of unbranched alkanes of at least 4 members (excludes halogenated alkanes) is 1. The first-order valence-corrected chi connectivity index (χ1v) is 7.28. The summed E-state index contributed by atoms with van der Waals surface area (Å²) in [6.07, 6.45) is 3.87. The van der Waals surface area contributed by atoms with Crippen molar-refractivity contribution in [3.05, 3.63) is 12.7 Å². The van der Waals surface area contributed by atoms with E-state index >= 15 is 0 Å². The molecule has 8 heteroatoms. The molecule has 1 aliphatic rings. The Morgan fingerprint density at radius 3 is 2.82 bits per heavy atom. The fourth-order valence-corrected chi connectivity index (χ4v) is 1.99. The molecule has 1 rings (SSSR count). The molecule has 0 spiro atoms. The number of aliphatic imine (C=N–C) groups is 1. The van der Waals surface area contributed by atoms with Crippen LogP contribution < -0.4 is 10.6 Å². The number of carbonyl (C=O) groups excluding carboxylic acids is 2. The van der Waals surface area contributed by atoms with E-state index in [-0.39, 0.29) is 42.5 Å². The Bertz CT molecular complexity index is 398. The fourth-order valence-electron chi connectivity index (χ4n) is 1.99. The van der Waals surface area contributed by atoms with Gasteiger partial charge in [0.15, 0.2) is 5.96 Å². The summed E-state index contributed by atoms with van der Waals surface area (Å²) in [7, 11) is 1.97. The van der Waals surface area contributed by atoms with Gasteiger partial charge in [-0.05, 0) is 19.8 Å². The molecule has 22 heavy (non-hydrogen) atoms. The van der Waals surface area contributed by atoms with Crippen LogP contribution in [0.2, 0.25) is 0 Å². The number of carbonyl (C=O) groups is 2. The number of nitrogens with one attached hydrogen (secondary N) is 2. The van der Waals surface area contributed by atoms with Crippen molar-refractivity contribution in [1.29, 1.82) is 0 Å². The first-order valence-electron chi connectivity index (χ1n) is 7.28. The van der Waals surface area contributed by atoms with Crippen molar-refractivity contribution in [2.24, 2.45) is 4.99 Å². The van der Waals surface area contributed by atoms with Gasteiger partial charge in [0.25, 0.3) is 0 Å². The maximum atomic E-state index is 11.5. The van der Waals surface area contributed by atoms with Crippen LogP contribution in [0.4, 0.5) is 4.79 Å². The third kappa shape index (κ3) is 6.63. The van der Waals surface area contributed by atoms with E-state index in [1.807, 2.05) is 24.9 Å². The number of allylic oxidation sites excluding steroid dienone is 1. The zero-order chi connectivity index (χ0) is 15.7. The molecular formula is C14H26IN5O2. The van der Waals surface area contributed by atoms with Crippen LogP contribution >= 0.6 is 24.0 Å². The van der Waals surface area contributed by atoms with Gasteiger partial charge < -0.3 is 15.5 Å². The van der Waals surface area contributed by atoms with Gasteiger partial charge in [0, 0.05) is 20.1 Å². The maximum Gasteiger partial charge on any atom is 0.324 e. The second-order valence-electron chi connectivity index (χ2n) is 4.79. The van der Waals surface area contributed by atoms with Crippen LogP contribution in [0.5, 0.6) is 0 Å². The van der Waals surface area contributed by atoms with Gasteiger partial charge in [-0.3, -0.25) is 14.7 Å². The summed E-state index contributed by atoms with van der Waals surface area (Å²) in [5, 5.41) is 5.70. The zero-order valence-corrected chi connectivity index (χ0v) is 15.6. The molecule has 1 aliphatic heterocycles. The molecule has 1 fully saturated rings. The highest BCUT2D eigenvalue weighted by atomic mass is 127. The fraction of sp³-hybridized carbons (Fsp3) is 0.643. The average Bonchev–Trinajstić information content (AvgIpc) is 2.78. The number of halogens is 1. The molecule has 1 heterocycles. The number of urea groups is 1. The topological polar surface area (TPSA) is 77.0 Å². The van der Waals surface area contributed by atoms with Crippen molar-refractivity contribution >= 4 is 41.9 Å². The zero-order valence-electron chi connectivity index (χ0n) is 13.3. The molecule has 3 amide bonds. The largest absolute Gasteiger partial charge is 0.357 e. The van der Waals surface area contributed by atoms with Crippen molar-refractivity contribution < 1.29 is 9.59 Å². The van der Waals surface area contributed by atoms with Gasteiger partial charge in [0.2, 0.25) is 5.91 Å². The molecule has 2 N–H and O–H groups in total. The summed E-state index contributed by atoms with van der Waals surface area (Å²) < 4.78 is 0. The Morgan fingerprint density at radius 1 is 1.55 bits per heavy atom. The SMILES string of the molecule is C=CCCCN(C)C(=NCCN1C(=O)CNC1=O)NCC.I. The standard InChI is InChI=1S/C14H25N5O2.HI/c1-4-6-7-9-18(3)13(15-5-2)16-8-10-19-12(20)11-17-14(19)21;/h4H,1,5-11H2,2-3H3,(H,15,16)(H,17,21);1H. The smallest absolute Gasteiger partial charge is 0.324 e. The normalized spacial score (nSPS) is 14.5. The van der Waals surface area contributed by atoms with Gasteiger partial charge in [-0.25, -0.2) is 4.79 Å². The third-order valence-electron chi connectivity index (χ3n) is 3.12. The summed E-state index contributed by atoms with van der Waals surface area (Å²) in [4.78, 5) is 30.6. The molecule has 1 saturated heterocycles. The Hall–Kier alpha value is -1.32. The Balaban J connectivity index is 0.00000441. The van der Waals surface area contributed by atoms with E-state index in [9.17, 15) is 9.59 Å². The lowest BCUT2D eigenvalue weighted by Crippen LogP contribution is -2.40. The molecule has 0 aromatic rings. The Labute approximate surface area is 149 Å². The molecule has 0 saturated carbocycles. The van der Waals surface area contributed by atoms with E-state index in [0.29, 0.717) is 13.1 Å². The van der Waals surface area contributed by atoms with Crippen molar-refractivity contribution in [2.45, 2.75) is 19.8 Å². The monoisotopic (exact) mass is 423 g/mol. The van der Waals surface area contributed by atoms with E-state index in [0.717, 1.165) is 31.9 Å². The lowest BCUT2D eigenvalue weighted by Gasteiger charge is -2.22. The number of hydrogen-bond acceptors (Lipinski definition) is 3. The summed E-state index contributed by atoms with van der Waals surface area (Å²) in [6.45, 7) is 8.15. The number of amides is 3. The molecule has 0 aromatic heterocycles. The number of hydrogen-bond donors (Lipinski definition) is 2. The van der Waals surface area contributed by atoms with Crippen LogP contribution in [-0.4, -0.2) is 67.5 Å². The number of nitrogens with zero attached hydrogens (tertiary/aromatic N) is 3. The predicted octanol–water partition coefficient (Wildman–Crippen LogP) is 1.02. The van der Waals surface area contributed by atoms with Crippen molar-refractivity contribution in [3.63, 3.8) is 0 Å². The Kier molecular flexibility index (Phi) is 10.6. The van der Waals surface area contributed by atoms with Crippen LogP contribution in [-0.2, 0) is 4.79 Å². The van der Waals surface area contributed by atoms with Crippen molar-refractivity contribution in [2.75, 3.05) is 39.8 Å². The van der Waals surface area contributed by atoms with Gasteiger partial charge in [-0.2, -0.15) is 0 Å². The first-order chi connectivity index (χ1) is 10.1. The van der Waals surface area contributed by atoms with E-state index in [1.54, 1.807) is 0 Å².